The SMILES string of the molecule is CCN(C1CC1)S(=O)(=O)C(C)CN. The summed E-state index contributed by atoms with van der Waals surface area (Å²) >= 11 is 0. The first kappa shape index (κ1) is 10.9. The molecule has 0 heterocycles. The van der Waals surface area contributed by atoms with Crippen molar-refractivity contribution in [1.29, 1.82) is 0 Å². The second-order valence-electron chi connectivity index (χ2n) is 3.53. The highest BCUT2D eigenvalue weighted by atomic mass is 32.2. The Bertz CT molecular complexity index is 259. The van der Waals surface area contributed by atoms with E-state index in [4.69, 9.17) is 5.73 Å². The van der Waals surface area contributed by atoms with E-state index in [-0.39, 0.29) is 12.6 Å². The van der Waals surface area contributed by atoms with Crippen molar-refractivity contribution in [2.75, 3.05) is 13.1 Å². The van der Waals surface area contributed by atoms with Crippen LogP contribution in [-0.2, 0) is 10.0 Å². The van der Waals surface area contributed by atoms with E-state index in [9.17, 15) is 8.42 Å². The van der Waals surface area contributed by atoms with Crippen molar-refractivity contribution in [2.24, 2.45) is 5.73 Å². The Labute approximate surface area is 80.1 Å². The molecule has 1 saturated carbocycles. The Balaban J connectivity index is 2.76. The molecule has 0 radical (unpaired) electrons. The van der Waals surface area contributed by atoms with E-state index < -0.39 is 15.3 Å². The lowest BCUT2D eigenvalue weighted by Crippen LogP contribution is -2.41. The van der Waals surface area contributed by atoms with Crippen LogP contribution in [0.15, 0.2) is 0 Å². The predicted molar refractivity (Wildman–Crippen MR) is 52.8 cm³/mol. The molecular formula is C8H18N2O2S. The fourth-order valence-electron chi connectivity index (χ4n) is 1.36. The standard InChI is InChI=1S/C8H18N2O2S/c1-3-10(8-4-5-8)13(11,12)7(2)6-9/h7-8H,3-6,9H2,1-2H3. The molecule has 13 heavy (non-hydrogen) atoms. The molecule has 0 aliphatic heterocycles. The van der Waals surface area contributed by atoms with Crippen LogP contribution in [0, 0.1) is 0 Å². The van der Waals surface area contributed by atoms with Gasteiger partial charge >= 0.3 is 0 Å². The Kier molecular flexibility index (Phi) is 3.32. The third kappa shape index (κ3) is 2.21. The van der Waals surface area contributed by atoms with E-state index in [1.165, 1.54) is 0 Å². The molecular weight excluding hydrogens is 188 g/mol. The minimum absolute atomic E-state index is 0.200. The second-order valence-corrected chi connectivity index (χ2v) is 5.83. The van der Waals surface area contributed by atoms with Crippen molar-refractivity contribution >= 4 is 10.0 Å². The van der Waals surface area contributed by atoms with Crippen molar-refractivity contribution in [2.45, 2.75) is 38.0 Å². The third-order valence-corrected chi connectivity index (χ3v) is 4.85. The topological polar surface area (TPSA) is 63.4 Å². The van der Waals surface area contributed by atoms with Crippen molar-refractivity contribution in [3.8, 4) is 0 Å². The fourth-order valence-corrected chi connectivity index (χ4v) is 3.05. The highest BCUT2D eigenvalue weighted by Crippen LogP contribution is 2.30. The first-order valence-electron chi connectivity index (χ1n) is 4.74. The molecule has 0 aromatic carbocycles. The number of sulfonamides is 1. The summed E-state index contributed by atoms with van der Waals surface area (Å²) in [6.07, 6.45) is 2.01. The summed E-state index contributed by atoms with van der Waals surface area (Å²) in [5, 5.41) is -0.451. The fraction of sp³-hybridized carbons (Fsp3) is 1.00. The second kappa shape index (κ2) is 3.94. The van der Waals surface area contributed by atoms with Gasteiger partial charge in [-0.05, 0) is 19.8 Å². The molecule has 1 unspecified atom stereocenters. The molecule has 0 aromatic rings. The van der Waals surface area contributed by atoms with Crippen molar-refractivity contribution < 1.29 is 8.42 Å². The summed E-state index contributed by atoms with van der Waals surface area (Å²) in [5.41, 5.74) is 5.37. The predicted octanol–water partition coefficient (Wildman–Crippen LogP) is 0.148. The average Bonchev–Trinajstić information content (AvgIpc) is 2.87. The third-order valence-electron chi connectivity index (χ3n) is 2.43. The van der Waals surface area contributed by atoms with Gasteiger partial charge in [-0.1, -0.05) is 6.92 Å². The summed E-state index contributed by atoms with van der Waals surface area (Å²) in [6, 6.07) is 0.254. The summed E-state index contributed by atoms with van der Waals surface area (Å²) < 4.78 is 25.2. The molecule has 0 amide bonds. The van der Waals surface area contributed by atoms with Crippen LogP contribution in [0.3, 0.4) is 0 Å². The Morgan fingerprint density at radius 1 is 1.54 bits per heavy atom. The zero-order chi connectivity index (χ0) is 10.1. The molecule has 1 rings (SSSR count). The minimum atomic E-state index is -3.13. The maximum atomic E-state index is 11.8. The number of rotatable bonds is 5. The summed E-state index contributed by atoms with van der Waals surface area (Å²) in [7, 11) is -3.13. The van der Waals surface area contributed by atoms with Crippen molar-refractivity contribution in [1.82, 2.24) is 4.31 Å². The highest BCUT2D eigenvalue weighted by molar-refractivity contribution is 7.89. The van der Waals surface area contributed by atoms with E-state index in [2.05, 4.69) is 0 Å². The Morgan fingerprint density at radius 2 is 2.08 bits per heavy atom. The van der Waals surface area contributed by atoms with Crippen LogP contribution in [-0.4, -0.2) is 37.1 Å². The van der Waals surface area contributed by atoms with Crippen molar-refractivity contribution in [3.05, 3.63) is 0 Å². The zero-order valence-corrected chi connectivity index (χ0v) is 9.05. The van der Waals surface area contributed by atoms with Crippen LogP contribution in [0.25, 0.3) is 0 Å². The normalized spacial score (nSPS) is 20.6. The van der Waals surface area contributed by atoms with Crippen LogP contribution < -0.4 is 5.73 Å². The molecule has 78 valence electrons. The number of nitrogens with zero attached hydrogens (tertiary/aromatic N) is 1. The van der Waals surface area contributed by atoms with Crippen LogP contribution in [0.5, 0.6) is 0 Å². The molecule has 4 nitrogen and oxygen atoms in total. The van der Waals surface area contributed by atoms with Crippen LogP contribution in [0.4, 0.5) is 0 Å². The molecule has 5 heteroatoms. The minimum Gasteiger partial charge on any atom is -0.329 e. The van der Waals surface area contributed by atoms with E-state index >= 15 is 0 Å². The average molecular weight is 206 g/mol. The molecule has 1 aliphatic carbocycles. The van der Waals surface area contributed by atoms with Crippen molar-refractivity contribution in [3.63, 3.8) is 0 Å². The molecule has 1 fully saturated rings. The lowest BCUT2D eigenvalue weighted by molar-refractivity contribution is 0.414. The van der Waals surface area contributed by atoms with E-state index in [0.29, 0.717) is 6.54 Å². The van der Waals surface area contributed by atoms with Gasteiger partial charge in [0.15, 0.2) is 0 Å². The van der Waals surface area contributed by atoms with Gasteiger partial charge in [0, 0.05) is 19.1 Å². The monoisotopic (exact) mass is 206 g/mol. The first-order valence-corrected chi connectivity index (χ1v) is 6.25. The highest BCUT2D eigenvalue weighted by Gasteiger charge is 2.38. The van der Waals surface area contributed by atoms with Gasteiger partial charge in [0.05, 0.1) is 5.25 Å². The van der Waals surface area contributed by atoms with Gasteiger partial charge in [0.25, 0.3) is 0 Å². The van der Waals surface area contributed by atoms with Crippen LogP contribution in [0.1, 0.15) is 26.7 Å². The quantitative estimate of drug-likeness (QED) is 0.696. The molecule has 0 saturated heterocycles. The van der Waals surface area contributed by atoms with E-state index in [1.807, 2.05) is 6.92 Å². The lowest BCUT2D eigenvalue weighted by Gasteiger charge is -2.23. The molecule has 0 bridgehead atoms. The smallest absolute Gasteiger partial charge is 0.218 e. The molecule has 0 spiro atoms. The molecule has 1 aliphatic rings. The van der Waals surface area contributed by atoms with Gasteiger partial charge in [-0.15, -0.1) is 0 Å². The Hall–Kier alpha value is -0.130. The van der Waals surface area contributed by atoms with Crippen LogP contribution >= 0.6 is 0 Å². The molecule has 2 N–H and O–H groups in total. The van der Waals surface area contributed by atoms with Gasteiger partial charge in [0.2, 0.25) is 10.0 Å². The van der Waals surface area contributed by atoms with Gasteiger partial charge < -0.3 is 5.73 Å². The molecule has 1 atom stereocenters. The summed E-state index contributed by atoms with van der Waals surface area (Å²) in [5.74, 6) is 0. The number of nitrogens with two attached hydrogens (primary N) is 1. The van der Waals surface area contributed by atoms with E-state index in [1.54, 1.807) is 11.2 Å². The summed E-state index contributed by atoms with van der Waals surface area (Å²) in [4.78, 5) is 0. The maximum absolute atomic E-state index is 11.8. The summed E-state index contributed by atoms with van der Waals surface area (Å²) in [6.45, 7) is 4.31. The van der Waals surface area contributed by atoms with Crippen LogP contribution in [0.2, 0.25) is 0 Å². The van der Waals surface area contributed by atoms with E-state index in [0.717, 1.165) is 12.8 Å². The Morgan fingerprint density at radius 3 is 2.38 bits per heavy atom. The van der Waals surface area contributed by atoms with Gasteiger partial charge in [-0.3, -0.25) is 0 Å². The van der Waals surface area contributed by atoms with Gasteiger partial charge in [-0.2, -0.15) is 4.31 Å². The largest absolute Gasteiger partial charge is 0.329 e. The lowest BCUT2D eigenvalue weighted by atomic mass is 10.5. The zero-order valence-electron chi connectivity index (χ0n) is 8.23. The number of hydrogen-bond donors (Lipinski definition) is 1. The maximum Gasteiger partial charge on any atom is 0.218 e. The first-order chi connectivity index (χ1) is 6.04. The number of hydrogen-bond acceptors (Lipinski definition) is 3. The molecule has 0 aromatic heterocycles. The van der Waals surface area contributed by atoms with Gasteiger partial charge in [-0.25, -0.2) is 8.42 Å². The van der Waals surface area contributed by atoms with Gasteiger partial charge in [0.1, 0.15) is 0 Å².